The van der Waals surface area contributed by atoms with Gasteiger partial charge in [-0.1, -0.05) is 36.4 Å². The van der Waals surface area contributed by atoms with E-state index in [4.69, 9.17) is 0 Å². The van der Waals surface area contributed by atoms with E-state index in [1.165, 1.54) is 4.90 Å². The Morgan fingerprint density at radius 3 is 1.82 bits per heavy atom. The first kappa shape index (κ1) is 34.9. The minimum absolute atomic E-state index is 0.0485. The zero-order valence-electron chi connectivity index (χ0n) is 27.0. The van der Waals surface area contributed by atoms with Crippen LogP contribution >= 0.6 is 0 Å². The van der Waals surface area contributed by atoms with Gasteiger partial charge in [-0.2, -0.15) is 26.3 Å². The number of amides is 2. The van der Waals surface area contributed by atoms with Crippen LogP contribution in [0.2, 0.25) is 0 Å². The zero-order valence-corrected chi connectivity index (χ0v) is 27.0. The predicted molar refractivity (Wildman–Crippen MR) is 171 cm³/mol. The number of hydrogen-bond donors (Lipinski definition) is 0. The molecule has 7 nitrogen and oxygen atoms in total. The maximum Gasteiger partial charge on any atom is 0.416 e. The number of hydrogen-bond acceptors (Lipinski definition) is 5. The zero-order chi connectivity index (χ0) is 34.8. The van der Waals surface area contributed by atoms with E-state index in [1.54, 1.807) is 18.3 Å². The van der Waals surface area contributed by atoms with Gasteiger partial charge >= 0.3 is 12.4 Å². The Kier molecular flexibility index (Phi) is 10.3. The smallest absolute Gasteiger partial charge is 0.337 e. The third-order valence-electron chi connectivity index (χ3n) is 10.1. The maximum atomic E-state index is 13.7. The Morgan fingerprint density at radius 2 is 1.24 bits per heavy atom. The first-order valence-corrected chi connectivity index (χ1v) is 16.7. The molecule has 0 bridgehead atoms. The highest BCUT2D eigenvalue weighted by atomic mass is 19.4. The van der Waals surface area contributed by atoms with Crippen LogP contribution in [0.4, 0.5) is 26.3 Å². The number of piperazine rings is 1. The summed E-state index contributed by atoms with van der Waals surface area (Å²) in [5, 5.41) is 0. The van der Waals surface area contributed by atoms with Crippen molar-refractivity contribution < 1.29 is 35.9 Å². The molecule has 3 aliphatic rings. The number of piperidine rings is 2. The summed E-state index contributed by atoms with van der Waals surface area (Å²) in [6.45, 7) is 4.90. The van der Waals surface area contributed by atoms with Gasteiger partial charge in [0.05, 0.1) is 11.1 Å². The molecule has 262 valence electrons. The summed E-state index contributed by atoms with van der Waals surface area (Å²) < 4.78 is 81.6. The van der Waals surface area contributed by atoms with E-state index >= 15 is 0 Å². The number of carbonyl (C=O) groups is 2. The molecular formula is C36H39F6N5O2. The van der Waals surface area contributed by atoms with E-state index in [-0.39, 0.29) is 24.6 Å². The fourth-order valence-electron chi connectivity index (χ4n) is 7.51. The third kappa shape index (κ3) is 8.26. The lowest BCUT2D eigenvalue weighted by molar-refractivity contribution is -0.143. The van der Waals surface area contributed by atoms with Crippen LogP contribution in [-0.4, -0.2) is 100 Å². The Labute approximate surface area is 281 Å². The standard InChI is InChI=1S/C36H39F6N5O2/c37-35(38,39)27-21-26(22-28(23-27)36(40,41)42)33(48)47-15-11-30(24-31(47)20-25-6-2-1-3-7-25)45-18-16-44(17-19-45)29-9-13-46(14-10-29)34(49)32-8-4-5-12-43-32/h1-8,12,21-23,29-31H,9-11,13-20,24H2. The van der Waals surface area contributed by atoms with Crippen molar-refractivity contribution in [2.75, 3.05) is 45.8 Å². The van der Waals surface area contributed by atoms with Crippen molar-refractivity contribution in [2.45, 2.75) is 62.6 Å². The number of aromatic nitrogens is 1. The molecule has 1 aromatic heterocycles. The first-order valence-electron chi connectivity index (χ1n) is 16.7. The number of alkyl halides is 6. The van der Waals surface area contributed by atoms with Crippen molar-refractivity contribution in [3.8, 4) is 0 Å². The minimum Gasteiger partial charge on any atom is -0.337 e. The second-order valence-electron chi connectivity index (χ2n) is 13.1. The molecule has 0 spiro atoms. The number of rotatable bonds is 6. The molecule has 0 aliphatic carbocycles. The van der Waals surface area contributed by atoms with Gasteiger partial charge in [-0.15, -0.1) is 0 Å². The highest BCUT2D eigenvalue weighted by Crippen LogP contribution is 2.37. The fourth-order valence-corrected chi connectivity index (χ4v) is 7.51. The number of pyridine rings is 1. The van der Waals surface area contributed by atoms with Gasteiger partial charge in [-0.3, -0.25) is 24.4 Å². The van der Waals surface area contributed by atoms with Crippen LogP contribution < -0.4 is 0 Å². The molecule has 2 amide bonds. The molecule has 6 rings (SSSR count). The van der Waals surface area contributed by atoms with E-state index in [1.807, 2.05) is 41.3 Å². The Balaban J connectivity index is 1.11. The van der Waals surface area contributed by atoms with E-state index in [2.05, 4.69) is 14.8 Å². The lowest BCUT2D eigenvalue weighted by Gasteiger charge is -2.48. The summed E-state index contributed by atoms with van der Waals surface area (Å²) in [5.74, 6) is -0.874. The normalized spacial score (nSPS) is 21.9. The van der Waals surface area contributed by atoms with Crippen molar-refractivity contribution in [3.63, 3.8) is 0 Å². The summed E-state index contributed by atoms with van der Waals surface area (Å²) in [4.78, 5) is 39.0. The Bertz CT molecular complexity index is 1550. The van der Waals surface area contributed by atoms with Gasteiger partial charge in [0.15, 0.2) is 0 Å². The fraction of sp³-hybridized carbons (Fsp3) is 0.472. The lowest BCUT2D eigenvalue weighted by Crippen LogP contribution is -2.58. The molecule has 2 aromatic carbocycles. The van der Waals surface area contributed by atoms with Crippen LogP contribution in [-0.2, 0) is 18.8 Å². The summed E-state index contributed by atoms with van der Waals surface area (Å²) in [7, 11) is 0. The number of likely N-dealkylation sites (tertiary alicyclic amines) is 2. The molecule has 4 heterocycles. The molecule has 2 atom stereocenters. The van der Waals surface area contributed by atoms with Crippen LogP contribution in [0.5, 0.6) is 0 Å². The molecule has 2 unspecified atom stereocenters. The Hall–Kier alpha value is -3.97. The highest BCUT2D eigenvalue weighted by molar-refractivity contribution is 5.95. The maximum absolute atomic E-state index is 13.7. The molecule has 0 N–H and O–H groups in total. The van der Waals surface area contributed by atoms with Gasteiger partial charge in [0.25, 0.3) is 11.8 Å². The second kappa shape index (κ2) is 14.5. The van der Waals surface area contributed by atoms with E-state index < -0.39 is 41.0 Å². The summed E-state index contributed by atoms with van der Waals surface area (Å²) in [5.41, 5.74) is -2.22. The molecule has 0 radical (unpaired) electrons. The average molecular weight is 688 g/mol. The van der Waals surface area contributed by atoms with Crippen LogP contribution in [0.25, 0.3) is 0 Å². The van der Waals surface area contributed by atoms with Crippen molar-refractivity contribution in [1.82, 2.24) is 24.6 Å². The van der Waals surface area contributed by atoms with E-state index in [0.717, 1.165) is 44.6 Å². The quantitative estimate of drug-likeness (QED) is 0.287. The van der Waals surface area contributed by atoms with E-state index in [9.17, 15) is 35.9 Å². The third-order valence-corrected chi connectivity index (χ3v) is 10.1. The lowest BCUT2D eigenvalue weighted by atomic mass is 9.90. The van der Waals surface area contributed by atoms with Crippen LogP contribution in [0.1, 0.15) is 63.2 Å². The van der Waals surface area contributed by atoms with Crippen molar-refractivity contribution in [2.24, 2.45) is 0 Å². The highest BCUT2D eigenvalue weighted by Gasteiger charge is 2.40. The van der Waals surface area contributed by atoms with Crippen molar-refractivity contribution in [3.05, 3.63) is 101 Å². The first-order chi connectivity index (χ1) is 23.4. The summed E-state index contributed by atoms with van der Waals surface area (Å²) in [6, 6.07) is 15.9. The molecule has 13 heteroatoms. The summed E-state index contributed by atoms with van der Waals surface area (Å²) >= 11 is 0. The van der Waals surface area contributed by atoms with Crippen LogP contribution in [0.15, 0.2) is 72.9 Å². The predicted octanol–water partition coefficient (Wildman–Crippen LogP) is 6.26. The minimum atomic E-state index is -5.04. The molecule has 3 aromatic rings. The monoisotopic (exact) mass is 687 g/mol. The largest absolute Gasteiger partial charge is 0.416 e. The second-order valence-corrected chi connectivity index (χ2v) is 13.1. The number of carbonyl (C=O) groups excluding carboxylic acids is 2. The van der Waals surface area contributed by atoms with Crippen molar-refractivity contribution >= 4 is 11.8 Å². The van der Waals surface area contributed by atoms with Gasteiger partial charge in [-0.05, 0) is 68.0 Å². The van der Waals surface area contributed by atoms with Gasteiger partial charge in [-0.25, -0.2) is 0 Å². The number of benzene rings is 2. The topological polar surface area (TPSA) is 60.0 Å². The van der Waals surface area contributed by atoms with E-state index in [0.29, 0.717) is 56.2 Å². The Morgan fingerprint density at radius 1 is 0.673 bits per heavy atom. The van der Waals surface area contributed by atoms with Gasteiger partial charge < -0.3 is 9.80 Å². The molecular weight excluding hydrogens is 648 g/mol. The molecule has 49 heavy (non-hydrogen) atoms. The van der Waals surface area contributed by atoms with Crippen molar-refractivity contribution in [1.29, 1.82) is 0 Å². The van der Waals surface area contributed by atoms with Gasteiger partial charge in [0.1, 0.15) is 5.69 Å². The van der Waals surface area contributed by atoms with Crippen LogP contribution in [0, 0.1) is 0 Å². The molecule has 3 aliphatic heterocycles. The van der Waals surface area contributed by atoms with Gasteiger partial charge in [0, 0.05) is 75.7 Å². The number of halogens is 6. The average Bonchev–Trinajstić information content (AvgIpc) is 3.11. The summed E-state index contributed by atoms with van der Waals surface area (Å²) in [6.07, 6.45) is -5.15. The van der Waals surface area contributed by atoms with Crippen LogP contribution in [0.3, 0.4) is 0 Å². The molecule has 3 saturated heterocycles. The SMILES string of the molecule is O=C(c1ccccn1)N1CCC(N2CCN(C3CCN(C(=O)c4cc(C(F)(F)F)cc(C(F)(F)F)c4)C(Cc4ccccc4)C3)CC2)CC1. The number of nitrogens with zero attached hydrogens (tertiary/aromatic N) is 5. The molecule has 3 fully saturated rings. The molecule has 0 saturated carbocycles. The van der Waals surface area contributed by atoms with Gasteiger partial charge in [0.2, 0.25) is 0 Å².